The minimum Gasteiger partial charge on any atom is -0.396 e. The zero-order valence-corrected chi connectivity index (χ0v) is 11.6. The lowest BCUT2D eigenvalue weighted by molar-refractivity contribution is -0.121. The number of hydrogen-bond donors (Lipinski definition) is 3. The molecule has 0 aromatic carbocycles. The first-order chi connectivity index (χ1) is 8.14. The molecule has 0 aliphatic carbocycles. The Morgan fingerprint density at radius 2 is 1.88 bits per heavy atom. The number of aliphatic hydroxyl groups is 2. The van der Waals surface area contributed by atoms with Gasteiger partial charge >= 0.3 is 8.56 Å². The Bertz CT molecular complexity index is 203. The van der Waals surface area contributed by atoms with Crippen LogP contribution in [0, 0.1) is 0 Å². The standard InChI is InChI=1S/C10H23NO5Si/c1-15-17(9-13,16-2)8-4-6-11-10(14)5-3-7-12/h12-13H,3-9H2,1-2H3,(H,11,14). The van der Waals surface area contributed by atoms with E-state index in [4.69, 9.17) is 14.0 Å². The Morgan fingerprint density at radius 1 is 1.24 bits per heavy atom. The Balaban J connectivity index is 3.71. The van der Waals surface area contributed by atoms with Crippen LogP contribution in [0.25, 0.3) is 0 Å². The first kappa shape index (κ1) is 16.5. The zero-order chi connectivity index (χ0) is 13.1. The molecule has 0 saturated carbocycles. The van der Waals surface area contributed by atoms with Crippen LogP contribution in [0.4, 0.5) is 0 Å². The third kappa shape index (κ3) is 6.74. The molecule has 0 radical (unpaired) electrons. The van der Waals surface area contributed by atoms with Gasteiger partial charge in [0.05, 0.1) is 6.23 Å². The third-order valence-electron chi connectivity index (χ3n) is 2.60. The molecule has 0 bridgehead atoms. The van der Waals surface area contributed by atoms with Crippen molar-refractivity contribution in [2.24, 2.45) is 0 Å². The molecule has 3 N–H and O–H groups in total. The summed E-state index contributed by atoms with van der Waals surface area (Å²) in [5.74, 6) is -0.0647. The Labute approximate surface area is 103 Å². The summed E-state index contributed by atoms with van der Waals surface area (Å²) in [6.07, 6.45) is 1.45. The van der Waals surface area contributed by atoms with Crippen LogP contribution < -0.4 is 5.32 Å². The van der Waals surface area contributed by atoms with Gasteiger partial charge in [0.25, 0.3) is 0 Å². The van der Waals surface area contributed by atoms with E-state index >= 15 is 0 Å². The van der Waals surface area contributed by atoms with Crippen molar-refractivity contribution in [3.63, 3.8) is 0 Å². The van der Waals surface area contributed by atoms with Gasteiger partial charge in [0.1, 0.15) is 0 Å². The van der Waals surface area contributed by atoms with Gasteiger partial charge in [-0.1, -0.05) is 0 Å². The van der Waals surface area contributed by atoms with Crippen molar-refractivity contribution in [2.75, 3.05) is 33.6 Å². The maximum absolute atomic E-state index is 11.2. The van der Waals surface area contributed by atoms with E-state index in [0.717, 1.165) is 0 Å². The van der Waals surface area contributed by atoms with Gasteiger partial charge in [-0.25, -0.2) is 0 Å². The molecule has 0 aromatic heterocycles. The van der Waals surface area contributed by atoms with Crippen LogP contribution in [0.1, 0.15) is 19.3 Å². The summed E-state index contributed by atoms with van der Waals surface area (Å²) >= 11 is 0. The van der Waals surface area contributed by atoms with E-state index in [9.17, 15) is 9.90 Å². The zero-order valence-electron chi connectivity index (χ0n) is 10.6. The molecule has 7 heteroatoms. The minimum absolute atomic E-state index is 0.0291. The predicted octanol–water partition coefficient (Wildman–Crippen LogP) is -0.468. The molecule has 0 aliphatic heterocycles. The van der Waals surface area contributed by atoms with Gasteiger partial charge in [-0.05, 0) is 18.9 Å². The molecular weight excluding hydrogens is 242 g/mol. The molecular formula is C10H23NO5Si. The number of carbonyl (C=O) groups excluding carboxylic acids is 1. The highest BCUT2D eigenvalue weighted by molar-refractivity contribution is 6.67. The van der Waals surface area contributed by atoms with Crippen LogP contribution in [0.15, 0.2) is 0 Å². The molecule has 0 spiro atoms. The van der Waals surface area contributed by atoms with Gasteiger partial charge in [-0.3, -0.25) is 4.79 Å². The summed E-state index contributed by atoms with van der Waals surface area (Å²) in [5.41, 5.74) is 0. The fraction of sp³-hybridized carbons (Fsp3) is 0.900. The molecule has 0 fully saturated rings. The molecule has 0 unspecified atom stereocenters. The van der Waals surface area contributed by atoms with Gasteiger partial charge in [-0.15, -0.1) is 0 Å². The summed E-state index contributed by atoms with van der Waals surface area (Å²) in [6.45, 7) is 0.563. The van der Waals surface area contributed by atoms with Crippen LogP contribution in [0.5, 0.6) is 0 Å². The van der Waals surface area contributed by atoms with Gasteiger partial charge in [0.2, 0.25) is 5.91 Å². The largest absolute Gasteiger partial charge is 0.396 e. The highest BCUT2D eigenvalue weighted by Crippen LogP contribution is 2.12. The van der Waals surface area contributed by atoms with Crippen molar-refractivity contribution >= 4 is 14.5 Å². The lowest BCUT2D eigenvalue weighted by atomic mass is 10.3. The quantitative estimate of drug-likeness (QED) is 0.367. The first-order valence-corrected chi connectivity index (χ1v) is 7.96. The fourth-order valence-electron chi connectivity index (χ4n) is 1.41. The van der Waals surface area contributed by atoms with Crippen LogP contribution in [0.3, 0.4) is 0 Å². The summed E-state index contributed by atoms with van der Waals surface area (Å²) in [4.78, 5) is 11.2. The topological polar surface area (TPSA) is 88.0 Å². The number of amides is 1. The van der Waals surface area contributed by atoms with Crippen LogP contribution in [-0.4, -0.2) is 58.3 Å². The average molecular weight is 265 g/mol. The summed E-state index contributed by atoms with van der Waals surface area (Å²) in [6, 6.07) is 0.636. The van der Waals surface area contributed by atoms with E-state index in [-0.39, 0.29) is 18.7 Å². The lowest BCUT2D eigenvalue weighted by Crippen LogP contribution is -2.45. The van der Waals surface area contributed by atoms with E-state index in [1.807, 2.05) is 0 Å². The molecule has 0 rings (SSSR count). The Kier molecular flexibility index (Phi) is 9.28. The summed E-state index contributed by atoms with van der Waals surface area (Å²) in [5, 5.41) is 20.5. The molecule has 0 aromatic rings. The number of carbonyl (C=O) groups is 1. The van der Waals surface area contributed by atoms with Crippen molar-refractivity contribution in [1.82, 2.24) is 5.32 Å². The van der Waals surface area contributed by atoms with Gasteiger partial charge in [0.15, 0.2) is 0 Å². The normalized spacial score (nSPS) is 11.5. The monoisotopic (exact) mass is 265 g/mol. The number of rotatable bonds is 10. The molecule has 102 valence electrons. The fourth-order valence-corrected chi connectivity index (χ4v) is 3.12. The maximum Gasteiger partial charge on any atom is 0.364 e. The average Bonchev–Trinajstić information content (AvgIpc) is 2.37. The smallest absolute Gasteiger partial charge is 0.364 e. The van der Waals surface area contributed by atoms with Crippen molar-refractivity contribution in [3.8, 4) is 0 Å². The summed E-state index contributed by atoms with van der Waals surface area (Å²) < 4.78 is 10.5. The molecule has 0 aliphatic rings. The van der Waals surface area contributed by atoms with E-state index in [1.54, 1.807) is 0 Å². The Morgan fingerprint density at radius 3 is 2.35 bits per heavy atom. The second-order valence-electron chi connectivity index (χ2n) is 3.76. The summed E-state index contributed by atoms with van der Waals surface area (Å²) in [7, 11) is 0.616. The van der Waals surface area contributed by atoms with Crippen molar-refractivity contribution < 1.29 is 23.9 Å². The second-order valence-corrected chi connectivity index (χ2v) is 7.21. The molecule has 0 heterocycles. The van der Waals surface area contributed by atoms with E-state index in [2.05, 4.69) is 5.32 Å². The lowest BCUT2D eigenvalue weighted by Gasteiger charge is -2.24. The van der Waals surface area contributed by atoms with Crippen LogP contribution in [-0.2, 0) is 13.6 Å². The molecule has 17 heavy (non-hydrogen) atoms. The first-order valence-electron chi connectivity index (χ1n) is 5.73. The molecule has 1 amide bonds. The van der Waals surface area contributed by atoms with Crippen molar-refractivity contribution in [2.45, 2.75) is 25.3 Å². The van der Waals surface area contributed by atoms with E-state index < -0.39 is 8.56 Å². The van der Waals surface area contributed by atoms with E-state index in [0.29, 0.717) is 31.9 Å². The van der Waals surface area contributed by atoms with Crippen molar-refractivity contribution in [1.29, 1.82) is 0 Å². The van der Waals surface area contributed by atoms with Gasteiger partial charge in [0, 0.05) is 33.8 Å². The highest BCUT2D eigenvalue weighted by atomic mass is 28.4. The van der Waals surface area contributed by atoms with Crippen LogP contribution in [0.2, 0.25) is 6.04 Å². The maximum atomic E-state index is 11.2. The van der Waals surface area contributed by atoms with E-state index in [1.165, 1.54) is 14.2 Å². The van der Waals surface area contributed by atoms with Gasteiger partial charge in [-0.2, -0.15) is 0 Å². The number of nitrogens with one attached hydrogen (secondary N) is 1. The number of aliphatic hydroxyl groups excluding tert-OH is 2. The number of hydrogen-bond acceptors (Lipinski definition) is 5. The van der Waals surface area contributed by atoms with Crippen LogP contribution >= 0.6 is 0 Å². The SMILES string of the molecule is CO[Si](CO)(CCCNC(=O)CCCO)OC. The second kappa shape index (κ2) is 9.55. The third-order valence-corrected chi connectivity index (χ3v) is 5.69. The molecule has 0 saturated heterocycles. The predicted molar refractivity (Wildman–Crippen MR) is 65.6 cm³/mol. The Hall–Kier alpha value is -0.473. The van der Waals surface area contributed by atoms with Crippen molar-refractivity contribution in [3.05, 3.63) is 0 Å². The minimum atomic E-state index is -2.45. The highest BCUT2D eigenvalue weighted by Gasteiger charge is 2.34. The molecule has 6 nitrogen and oxygen atoms in total. The molecule has 0 atom stereocenters. The van der Waals surface area contributed by atoms with Gasteiger partial charge < -0.3 is 24.4 Å².